The van der Waals surface area contributed by atoms with Gasteiger partial charge in [-0.25, -0.2) is 0 Å². The zero-order valence-electron chi connectivity index (χ0n) is 12.1. The van der Waals surface area contributed by atoms with Gasteiger partial charge in [-0.1, -0.05) is 33.3 Å². The average molecular weight is 240 g/mol. The Balaban J connectivity index is 4.25. The fraction of sp³-hybridized carbons (Fsp3) is 0.786. The van der Waals surface area contributed by atoms with Gasteiger partial charge < -0.3 is 9.80 Å². The third-order valence-electron chi connectivity index (χ3n) is 2.41. The molecular formula is C14H28N2O. The molecule has 0 aliphatic carbocycles. The monoisotopic (exact) mass is 240 g/mol. The van der Waals surface area contributed by atoms with Crippen molar-refractivity contribution in [1.29, 1.82) is 0 Å². The van der Waals surface area contributed by atoms with E-state index >= 15 is 0 Å². The number of likely N-dealkylation sites (N-methyl/N-ethyl adjacent to an activating group) is 1. The molecule has 0 heterocycles. The Kier molecular flexibility index (Phi) is 8.78. The average Bonchev–Trinajstić information content (AvgIpc) is 2.22. The third-order valence-corrected chi connectivity index (χ3v) is 2.41. The molecule has 0 spiro atoms. The second-order valence-corrected chi connectivity index (χ2v) is 5.20. The lowest BCUT2D eigenvalue weighted by Gasteiger charge is -2.23. The molecule has 0 aromatic rings. The maximum absolute atomic E-state index is 12.0. The highest BCUT2D eigenvalue weighted by molar-refractivity contribution is 5.87. The Morgan fingerprint density at radius 2 is 1.94 bits per heavy atom. The third kappa shape index (κ3) is 8.93. The number of rotatable bonds is 8. The van der Waals surface area contributed by atoms with Crippen molar-refractivity contribution >= 4 is 5.91 Å². The molecule has 3 nitrogen and oxygen atoms in total. The predicted octanol–water partition coefficient (Wildman–Crippen LogP) is 2.39. The minimum absolute atomic E-state index is 0.147. The van der Waals surface area contributed by atoms with Gasteiger partial charge in [0.15, 0.2) is 0 Å². The van der Waals surface area contributed by atoms with Crippen LogP contribution in [-0.4, -0.2) is 49.4 Å². The number of hydrogen-bond acceptors (Lipinski definition) is 2. The van der Waals surface area contributed by atoms with Crippen LogP contribution in [-0.2, 0) is 4.79 Å². The van der Waals surface area contributed by atoms with Crippen LogP contribution in [0.3, 0.4) is 0 Å². The fourth-order valence-corrected chi connectivity index (χ4v) is 1.55. The van der Waals surface area contributed by atoms with Crippen molar-refractivity contribution in [3.63, 3.8) is 0 Å². The Hall–Kier alpha value is -0.830. The van der Waals surface area contributed by atoms with Gasteiger partial charge in [0.2, 0.25) is 5.91 Å². The highest BCUT2D eigenvalue weighted by atomic mass is 16.2. The van der Waals surface area contributed by atoms with E-state index in [4.69, 9.17) is 0 Å². The maximum Gasteiger partial charge on any atom is 0.246 e. The van der Waals surface area contributed by atoms with Crippen LogP contribution < -0.4 is 0 Å². The molecular weight excluding hydrogens is 212 g/mol. The minimum atomic E-state index is 0.147. The topological polar surface area (TPSA) is 23.6 Å². The van der Waals surface area contributed by atoms with Crippen LogP contribution in [0.15, 0.2) is 12.2 Å². The van der Waals surface area contributed by atoms with Crippen molar-refractivity contribution in [2.75, 3.05) is 33.7 Å². The lowest BCUT2D eigenvalue weighted by Crippen LogP contribution is -2.33. The summed E-state index contributed by atoms with van der Waals surface area (Å²) < 4.78 is 0. The van der Waals surface area contributed by atoms with E-state index in [0.29, 0.717) is 5.92 Å². The molecule has 17 heavy (non-hydrogen) atoms. The lowest BCUT2D eigenvalue weighted by molar-refractivity contribution is -0.126. The molecule has 3 heteroatoms. The first-order chi connectivity index (χ1) is 7.97. The van der Waals surface area contributed by atoms with Gasteiger partial charge in [0.05, 0.1) is 0 Å². The fourth-order valence-electron chi connectivity index (χ4n) is 1.55. The Labute approximate surface area is 106 Å². The first-order valence-electron chi connectivity index (χ1n) is 6.57. The van der Waals surface area contributed by atoms with Gasteiger partial charge in [-0.15, -0.1) is 0 Å². The van der Waals surface area contributed by atoms with E-state index < -0.39 is 0 Å². The summed E-state index contributed by atoms with van der Waals surface area (Å²) in [7, 11) is 4.00. The number of hydrogen-bond donors (Lipinski definition) is 0. The smallest absolute Gasteiger partial charge is 0.246 e. The Bertz CT molecular complexity index is 234. The molecule has 0 bridgehead atoms. The largest absolute Gasteiger partial charge is 0.339 e. The van der Waals surface area contributed by atoms with Gasteiger partial charge in [-0.05, 0) is 26.4 Å². The van der Waals surface area contributed by atoms with Crippen LogP contribution in [0.1, 0.15) is 33.6 Å². The van der Waals surface area contributed by atoms with E-state index in [1.54, 1.807) is 6.08 Å². The van der Waals surface area contributed by atoms with E-state index in [-0.39, 0.29) is 5.91 Å². The zero-order chi connectivity index (χ0) is 13.3. The normalized spacial score (nSPS) is 11.7. The molecule has 0 aromatic heterocycles. The molecule has 0 rings (SSSR count). The van der Waals surface area contributed by atoms with E-state index in [1.165, 1.54) is 0 Å². The van der Waals surface area contributed by atoms with Crippen molar-refractivity contribution < 1.29 is 4.79 Å². The molecule has 0 saturated carbocycles. The summed E-state index contributed by atoms with van der Waals surface area (Å²) in [5.74, 6) is 0.673. The summed E-state index contributed by atoms with van der Waals surface area (Å²) in [5, 5.41) is 0. The molecule has 0 N–H and O–H groups in total. The van der Waals surface area contributed by atoms with E-state index in [0.717, 1.165) is 32.5 Å². The lowest BCUT2D eigenvalue weighted by atomic mass is 10.2. The van der Waals surface area contributed by atoms with E-state index in [1.807, 2.05) is 30.0 Å². The maximum atomic E-state index is 12.0. The quantitative estimate of drug-likeness (QED) is 0.608. The van der Waals surface area contributed by atoms with E-state index in [2.05, 4.69) is 20.8 Å². The Morgan fingerprint density at radius 3 is 2.41 bits per heavy atom. The van der Waals surface area contributed by atoms with Crippen molar-refractivity contribution in [3.8, 4) is 0 Å². The van der Waals surface area contributed by atoms with E-state index in [9.17, 15) is 4.79 Å². The summed E-state index contributed by atoms with van der Waals surface area (Å²) in [6.07, 6.45) is 5.85. The highest BCUT2D eigenvalue weighted by Gasteiger charge is 2.11. The zero-order valence-corrected chi connectivity index (χ0v) is 12.1. The van der Waals surface area contributed by atoms with Crippen LogP contribution in [0, 0.1) is 5.92 Å². The molecule has 0 aliphatic heterocycles. The molecule has 0 aromatic carbocycles. The van der Waals surface area contributed by atoms with Gasteiger partial charge in [-0.2, -0.15) is 0 Å². The summed E-state index contributed by atoms with van der Waals surface area (Å²) in [5.41, 5.74) is 0. The van der Waals surface area contributed by atoms with Crippen LogP contribution >= 0.6 is 0 Å². The number of amides is 1. The van der Waals surface area contributed by atoms with Crippen LogP contribution in [0.4, 0.5) is 0 Å². The van der Waals surface area contributed by atoms with Crippen molar-refractivity contribution in [2.45, 2.75) is 33.6 Å². The minimum Gasteiger partial charge on any atom is -0.339 e. The number of nitrogens with zero attached hydrogens (tertiary/aromatic N) is 2. The van der Waals surface area contributed by atoms with Crippen LogP contribution in [0.5, 0.6) is 0 Å². The molecule has 0 aliphatic rings. The molecule has 0 radical (unpaired) electrons. The molecule has 100 valence electrons. The molecule has 1 amide bonds. The highest BCUT2D eigenvalue weighted by Crippen LogP contribution is 2.03. The Morgan fingerprint density at radius 1 is 1.29 bits per heavy atom. The second kappa shape index (κ2) is 9.23. The number of carbonyl (C=O) groups excluding carboxylic acids is 1. The van der Waals surface area contributed by atoms with Crippen molar-refractivity contribution in [1.82, 2.24) is 9.80 Å². The van der Waals surface area contributed by atoms with Gasteiger partial charge >= 0.3 is 0 Å². The van der Waals surface area contributed by atoms with Gasteiger partial charge in [0, 0.05) is 25.7 Å². The predicted molar refractivity (Wildman–Crippen MR) is 74.0 cm³/mol. The summed E-state index contributed by atoms with van der Waals surface area (Å²) >= 11 is 0. The first kappa shape index (κ1) is 16.2. The summed E-state index contributed by atoms with van der Waals surface area (Å²) in [6.45, 7) is 8.99. The second-order valence-electron chi connectivity index (χ2n) is 5.20. The number of unbranched alkanes of at least 4 members (excludes halogenated alkanes) is 1. The molecule has 0 atom stereocenters. The molecule has 0 fully saturated rings. The first-order valence-corrected chi connectivity index (χ1v) is 6.57. The van der Waals surface area contributed by atoms with Gasteiger partial charge in [-0.3, -0.25) is 4.79 Å². The number of carbonyl (C=O) groups is 1. The molecule has 0 saturated heterocycles. The van der Waals surface area contributed by atoms with Crippen molar-refractivity contribution in [2.24, 2.45) is 5.92 Å². The van der Waals surface area contributed by atoms with Crippen LogP contribution in [0.25, 0.3) is 0 Å². The van der Waals surface area contributed by atoms with Crippen molar-refractivity contribution in [3.05, 3.63) is 12.2 Å². The summed E-state index contributed by atoms with van der Waals surface area (Å²) in [6, 6.07) is 0. The summed E-state index contributed by atoms with van der Waals surface area (Å²) in [4.78, 5) is 16.0. The standard InChI is InChI=1S/C14H28N2O/c1-6-7-11-16(12-13(2)3)14(17)9-8-10-15(4)5/h8-9,13H,6-7,10-12H2,1-5H3. The van der Waals surface area contributed by atoms with Crippen LogP contribution in [0.2, 0.25) is 0 Å². The van der Waals surface area contributed by atoms with Gasteiger partial charge in [0.25, 0.3) is 0 Å². The molecule has 0 unspecified atom stereocenters. The van der Waals surface area contributed by atoms with Gasteiger partial charge in [0.1, 0.15) is 0 Å². The SMILES string of the molecule is CCCCN(CC(C)C)C(=O)C=CCN(C)C.